The van der Waals surface area contributed by atoms with Crippen LogP contribution in [0.4, 0.5) is 13.2 Å². The molecule has 0 fully saturated rings. The van der Waals surface area contributed by atoms with Crippen molar-refractivity contribution in [2.45, 2.75) is 45.4 Å². The van der Waals surface area contributed by atoms with Gasteiger partial charge in [0.05, 0.1) is 28.0 Å². The van der Waals surface area contributed by atoms with Crippen LogP contribution in [0.3, 0.4) is 0 Å². The van der Waals surface area contributed by atoms with E-state index >= 15 is 0 Å². The molecule has 0 aliphatic carbocycles. The predicted molar refractivity (Wildman–Crippen MR) is 147 cm³/mol. The minimum atomic E-state index is -4.41. The van der Waals surface area contributed by atoms with Crippen LogP contribution in [0.1, 0.15) is 57.5 Å². The first-order chi connectivity index (χ1) is 18.9. The molecule has 2 aromatic carbocycles. The molecule has 40 heavy (non-hydrogen) atoms. The molecule has 0 bridgehead atoms. The smallest absolute Gasteiger partial charge is 0.374 e. The van der Waals surface area contributed by atoms with Crippen molar-refractivity contribution in [1.29, 1.82) is 0 Å². The van der Waals surface area contributed by atoms with Gasteiger partial charge in [-0.2, -0.15) is 13.2 Å². The maximum atomic E-state index is 13.1. The second kappa shape index (κ2) is 10.3. The number of nitrogens with zero attached hydrogens (tertiary/aromatic N) is 5. The van der Waals surface area contributed by atoms with E-state index < -0.39 is 17.3 Å². The molecule has 0 saturated heterocycles. The molecule has 1 unspecified atom stereocenters. The molecule has 0 spiro atoms. The molecule has 5 aromatic rings. The molecule has 0 aliphatic rings. The van der Waals surface area contributed by atoms with Gasteiger partial charge in [0.15, 0.2) is 5.60 Å². The summed E-state index contributed by atoms with van der Waals surface area (Å²) < 4.78 is 40.7. The summed E-state index contributed by atoms with van der Waals surface area (Å²) in [5, 5.41) is 21.5. The Morgan fingerprint density at radius 3 is 2.25 bits per heavy atom. The Labute approximate surface area is 234 Å². The van der Waals surface area contributed by atoms with E-state index in [2.05, 4.69) is 15.3 Å². The van der Waals surface area contributed by atoms with Crippen molar-refractivity contribution in [2.75, 3.05) is 0 Å². The van der Waals surface area contributed by atoms with Crippen LogP contribution in [0.15, 0.2) is 60.8 Å². The summed E-state index contributed by atoms with van der Waals surface area (Å²) in [6.07, 6.45) is -1.99. The van der Waals surface area contributed by atoms with Gasteiger partial charge in [-0.1, -0.05) is 48.0 Å². The Bertz CT molecular complexity index is 1720. The summed E-state index contributed by atoms with van der Waals surface area (Å²) >= 11 is 7.01. The zero-order chi connectivity index (χ0) is 28.8. The number of aromatic nitrogens is 5. The molecule has 10 heteroatoms. The van der Waals surface area contributed by atoms with Gasteiger partial charge >= 0.3 is 6.18 Å². The van der Waals surface area contributed by atoms with Gasteiger partial charge < -0.3 is 5.11 Å². The molecule has 0 radical (unpaired) electrons. The monoisotopic (exact) mass is 565 g/mol. The van der Waals surface area contributed by atoms with E-state index in [1.54, 1.807) is 19.2 Å². The third-order valence-electron chi connectivity index (χ3n) is 7.22. The van der Waals surface area contributed by atoms with E-state index in [4.69, 9.17) is 16.6 Å². The Hall–Kier alpha value is -3.82. The fraction of sp³-hybridized carbons (Fsp3) is 0.267. The summed E-state index contributed by atoms with van der Waals surface area (Å²) in [5.74, 6) is 0. The zero-order valence-electron chi connectivity index (χ0n) is 22.4. The number of hydrogen-bond acceptors (Lipinski definition) is 5. The molecule has 0 saturated carbocycles. The Morgan fingerprint density at radius 2 is 1.65 bits per heavy atom. The lowest BCUT2D eigenvalue weighted by Gasteiger charge is -2.30. The molecule has 206 valence electrons. The van der Waals surface area contributed by atoms with Gasteiger partial charge in [0, 0.05) is 41.5 Å². The molecule has 6 nitrogen and oxygen atoms in total. The fourth-order valence-electron chi connectivity index (χ4n) is 5.15. The molecular weight excluding hydrogens is 539 g/mol. The number of halogens is 4. The summed E-state index contributed by atoms with van der Waals surface area (Å²) in [5.41, 5.74) is 3.46. The fourth-order valence-corrected chi connectivity index (χ4v) is 5.48. The molecule has 1 atom stereocenters. The van der Waals surface area contributed by atoms with Crippen LogP contribution < -0.4 is 0 Å². The average Bonchev–Trinajstić information content (AvgIpc) is 3.35. The van der Waals surface area contributed by atoms with Crippen LogP contribution in [-0.2, 0) is 31.7 Å². The van der Waals surface area contributed by atoms with Crippen LogP contribution in [-0.4, -0.2) is 30.1 Å². The number of aryl methyl sites for hydroxylation is 4. The first-order valence-electron chi connectivity index (χ1n) is 12.7. The van der Waals surface area contributed by atoms with E-state index in [9.17, 15) is 18.3 Å². The molecule has 3 aromatic heterocycles. The van der Waals surface area contributed by atoms with Gasteiger partial charge in [0.1, 0.15) is 0 Å². The minimum Gasteiger partial charge on any atom is -0.374 e. The number of aliphatic hydroxyl groups is 1. The highest BCUT2D eigenvalue weighted by Crippen LogP contribution is 2.40. The molecule has 0 amide bonds. The van der Waals surface area contributed by atoms with Crippen LogP contribution >= 0.6 is 11.6 Å². The van der Waals surface area contributed by atoms with E-state index in [0.717, 1.165) is 29.1 Å². The highest BCUT2D eigenvalue weighted by Gasteiger charge is 2.39. The van der Waals surface area contributed by atoms with Crippen molar-refractivity contribution in [3.05, 3.63) is 116 Å². The number of alkyl halides is 3. The van der Waals surface area contributed by atoms with E-state index in [-0.39, 0.29) is 0 Å². The lowest BCUT2D eigenvalue weighted by Crippen LogP contribution is -2.32. The lowest BCUT2D eigenvalue weighted by molar-refractivity contribution is -0.137. The Balaban J connectivity index is 1.68. The van der Waals surface area contributed by atoms with Crippen LogP contribution in [0.5, 0.6) is 0 Å². The van der Waals surface area contributed by atoms with Crippen molar-refractivity contribution in [1.82, 2.24) is 25.0 Å². The normalized spacial score (nSPS) is 13.5. The first-order valence-corrected chi connectivity index (χ1v) is 13.1. The summed E-state index contributed by atoms with van der Waals surface area (Å²) in [6, 6.07) is 14.1. The van der Waals surface area contributed by atoms with Gasteiger partial charge in [-0.3, -0.25) is 9.97 Å². The van der Waals surface area contributed by atoms with Crippen molar-refractivity contribution in [2.24, 2.45) is 7.05 Å². The third kappa shape index (κ3) is 4.84. The number of rotatable bonds is 6. The van der Waals surface area contributed by atoms with Gasteiger partial charge in [0.25, 0.3) is 0 Å². The van der Waals surface area contributed by atoms with Crippen molar-refractivity contribution < 1.29 is 18.3 Å². The maximum absolute atomic E-state index is 13.1. The second-order valence-electron chi connectivity index (χ2n) is 9.85. The van der Waals surface area contributed by atoms with Crippen LogP contribution in [0.2, 0.25) is 5.02 Å². The zero-order valence-corrected chi connectivity index (χ0v) is 23.1. The van der Waals surface area contributed by atoms with E-state index in [0.29, 0.717) is 56.8 Å². The van der Waals surface area contributed by atoms with Gasteiger partial charge in [0.2, 0.25) is 0 Å². The topological polar surface area (TPSA) is 76.7 Å². The van der Waals surface area contributed by atoms with Gasteiger partial charge in [-0.05, 0) is 67.3 Å². The molecular formula is C30H27ClF3N5O. The van der Waals surface area contributed by atoms with Gasteiger partial charge in [-0.25, -0.2) is 4.68 Å². The SMILES string of the molecule is CCc1nc2ccc(C(O)(c3ccc(C)nc3C)c3cnnn3C)cc2c(Cl)c1Cc1ccc(C(F)(F)F)cc1. The van der Waals surface area contributed by atoms with E-state index in [1.165, 1.54) is 23.0 Å². The Kier molecular flexibility index (Phi) is 7.14. The second-order valence-corrected chi connectivity index (χ2v) is 10.2. The number of pyridine rings is 2. The molecule has 0 aliphatic heterocycles. The molecule has 1 N–H and O–H groups in total. The third-order valence-corrected chi connectivity index (χ3v) is 7.65. The quantitative estimate of drug-likeness (QED) is 0.255. The lowest BCUT2D eigenvalue weighted by atomic mass is 9.82. The molecule has 3 heterocycles. The summed E-state index contributed by atoms with van der Waals surface area (Å²) in [6.45, 7) is 5.67. The Morgan fingerprint density at radius 1 is 0.950 bits per heavy atom. The predicted octanol–water partition coefficient (Wildman–Crippen LogP) is 6.48. The number of benzene rings is 2. The van der Waals surface area contributed by atoms with Crippen LogP contribution in [0.25, 0.3) is 10.9 Å². The number of fused-ring (bicyclic) bond motifs is 1. The highest BCUT2D eigenvalue weighted by atomic mass is 35.5. The van der Waals surface area contributed by atoms with Crippen molar-refractivity contribution >= 4 is 22.5 Å². The number of hydrogen-bond donors (Lipinski definition) is 1. The van der Waals surface area contributed by atoms with Crippen molar-refractivity contribution in [3.8, 4) is 0 Å². The highest BCUT2D eigenvalue weighted by molar-refractivity contribution is 6.36. The summed E-state index contributed by atoms with van der Waals surface area (Å²) in [4.78, 5) is 9.40. The molecule has 5 rings (SSSR count). The standard InChI is InChI=1S/C30H27ClF3N5O/c1-5-25-22(14-19-7-9-20(10-8-19)30(32,33)34)28(31)23-15-21(11-13-26(23)37-25)29(40,27-16-35-38-39(27)4)24-12-6-17(2)36-18(24)3/h6-13,15-16,40H,5,14H2,1-4H3. The maximum Gasteiger partial charge on any atom is 0.416 e. The van der Waals surface area contributed by atoms with Gasteiger partial charge in [-0.15, -0.1) is 5.10 Å². The van der Waals surface area contributed by atoms with Crippen molar-refractivity contribution in [3.63, 3.8) is 0 Å². The average molecular weight is 566 g/mol. The largest absolute Gasteiger partial charge is 0.416 e. The van der Waals surface area contributed by atoms with Crippen LogP contribution in [0, 0.1) is 13.8 Å². The summed E-state index contributed by atoms with van der Waals surface area (Å²) in [7, 11) is 1.70. The first kappa shape index (κ1) is 27.7. The minimum absolute atomic E-state index is 0.310. The van der Waals surface area contributed by atoms with E-state index in [1.807, 2.05) is 39.0 Å².